The first-order valence-corrected chi connectivity index (χ1v) is 7.36. The fraction of sp³-hybridized carbons (Fsp3) is 0.294. The van der Waals surface area contributed by atoms with E-state index in [0.29, 0.717) is 31.2 Å². The topological polar surface area (TPSA) is 30.5 Å². The van der Waals surface area contributed by atoms with Crippen LogP contribution in [0, 0.1) is 17.5 Å². The van der Waals surface area contributed by atoms with Gasteiger partial charge in [-0.05, 0) is 18.2 Å². The van der Waals surface area contributed by atoms with Crippen molar-refractivity contribution in [1.82, 2.24) is 5.32 Å². The molecule has 1 atom stereocenters. The lowest BCUT2D eigenvalue weighted by molar-refractivity contribution is 0.0289. The van der Waals surface area contributed by atoms with Crippen LogP contribution in [0.1, 0.15) is 5.56 Å². The molecule has 0 aromatic heterocycles. The van der Waals surface area contributed by atoms with Gasteiger partial charge in [-0.25, -0.2) is 13.2 Å². The third-order valence-corrected chi connectivity index (χ3v) is 3.61. The van der Waals surface area contributed by atoms with Crippen molar-refractivity contribution in [2.75, 3.05) is 19.7 Å². The molecule has 3 rings (SSSR count). The van der Waals surface area contributed by atoms with Crippen molar-refractivity contribution in [2.45, 2.75) is 12.5 Å². The maximum atomic E-state index is 14.1. The number of para-hydroxylation sites is 1. The molecule has 0 unspecified atom stereocenters. The molecule has 3 nitrogen and oxygen atoms in total. The van der Waals surface area contributed by atoms with Crippen molar-refractivity contribution in [2.24, 2.45) is 0 Å². The fourth-order valence-electron chi connectivity index (χ4n) is 2.49. The molecule has 1 N–H and O–H groups in total. The van der Waals surface area contributed by atoms with Crippen LogP contribution in [0.15, 0.2) is 36.4 Å². The van der Waals surface area contributed by atoms with Gasteiger partial charge in [-0.3, -0.25) is 0 Å². The summed E-state index contributed by atoms with van der Waals surface area (Å²) in [5, 5.41) is 3.19. The standard InChI is InChI=1S/C17H16F3NO2/c18-12-4-5-16(15(20)9-12)23-17-11(2-1-3-14(17)19)8-13-10-21-6-7-22-13/h1-5,9,13,21H,6-8,10H2/t13-/m0/s1. The summed E-state index contributed by atoms with van der Waals surface area (Å²) < 4.78 is 51.8. The average Bonchev–Trinajstić information content (AvgIpc) is 2.54. The predicted molar refractivity (Wildman–Crippen MR) is 79.1 cm³/mol. The van der Waals surface area contributed by atoms with E-state index >= 15 is 0 Å². The highest BCUT2D eigenvalue weighted by Gasteiger charge is 2.19. The van der Waals surface area contributed by atoms with Gasteiger partial charge in [0.15, 0.2) is 23.1 Å². The number of benzene rings is 2. The monoisotopic (exact) mass is 323 g/mol. The zero-order valence-corrected chi connectivity index (χ0v) is 12.3. The Hall–Kier alpha value is -2.05. The highest BCUT2D eigenvalue weighted by atomic mass is 19.1. The molecular weight excluding hydrogens is 307 g/mol. The lowest BCUT2D eigenvalue weighted by atomic mass is 10.1. The van der Waals surface area contributed by atoms with Gasteiger partial charge in [-0.1, -0.05) is 12.1 Å². The number of nitrogens with one attached hydrogen (secondary N) is 1. The molecule has 1 aliphatic heterocycles. The van der Waals surface area contributed by atoms with Crippen molar-refractivity contribution < 1.29 is 22.6 Å². The molecular formula is C17H16F3NO2. The molecule has 1 fully saturated rings. The van der Waals surface area contributed by atoms with E-state index in [0.717, 1.165) is 18.7 Å². The summed E-state index contributed by atoms with van der Waals surface area (Å²) in [7, 11) is 0. The number of morpholine rings is 1. The van der Waals surface area contributed by atoms with Crippen molar-refractivity contribution >= 4 is 0 Å². The summed E-state index contributed by atoms with van der Waals surface area (Å²) >= 11 is 0. The van der Waals surface area contributed by atoms with Crippen LogP contribution in [0.3, 0.4) is 0 Å². The maximum Gasteiger partial charge on any atom is 0.168 e. The Morgan fingerprint density at radius 3 is 2.74 bits per heavy atom. The molecule has 0 bridgehead atoms. The van der Waals surface area contributed by atoms with Crippen LogP contribution in [-0.4, -0.2) is 25.8 Å². The number of rotatable bonds is 4. The number of halogens is 3. The largest absolute Gasteiger partial charge is 0.451 e. The summed E-state index contributed by atoms with van der Waals surface area (Å²) in [4.78, 5) is 0. The third kappa shape index (κ3) is 3.83. The molecule has 122 valence electrons. The van der Waals surface area contributed by atoms with Crippen molar-refractivity contribution in [3.63, 3.8) is 0 Å². The Labute approximate surface area is 132 Å². The van der Waals surface area contributed by atoms with E-state index in [-0.39, 0.29) is 17.6 Å². The van der Waals surface area contributed by atoms with Gasteiger partial charge in [0, 0.05) is 31.1 Å². The van der Waals surface area contributed by atoms with Crippen molar-refractivity contribution in [3.8, 4) is 11.5 Å². The number of hydrogen-bond acceptors (Lipinski definition) is 3. The second-order valence-corrected chi connectivity index (χ2v) is 5.31. The normalized spacial score (nSPS) is 18.0. The molecule has 1 heterocycles. The van der Waals surface area contributed by atoms with Gasteiger partial charge in [-0.2, -0.15) is 0 Å². The third-order valence-electron chi connectivity index (χ3n) is 3.61. The molecule has 23 heavy (non-hydrogen) atoms. The molecule has 0 saturated carbocycles. The first-order chi connectivity index (χ1) is 11.1. The summed E-state index contributed by atoms with van der Waals surface area (Å²) in [6.45, 7) is 2.02. The molecule has 6 heteroatoms. The van der Waals surface area contributed by atoms with E-state index in [1.165, 1.54) is 6.07 Å². The molecule has 0 spiro atoms. The number of hydrogen-bond donors (Lipinski definition) is 1. The Balaban J connectivity index is 1.85. The lowest BCUT2D eigenvalue weighted by Crippen LogP contribution is -2.39. The Morgan fingerprint density at radius 1 is 1.13 bits per heavy atom. The maximum absolute atomic E-state index is 14.1. The molecule has 2 aromatic rings. The fourth-order valence-corrected chi connectivity index (χ4v) is 2.49. The minimum Gasteiger partial charge on any atom is -0.451 e. The quantitative estimate of drug-likeness (QED) is 0.935. The van der Waals surface area contributed by atoms with Crippen LogP contribution in [-0.2, 0) is 11.2 Å². The molecule has 2 aromatic carbocycles. The Kier molecular flexibility index (Phi) is 4.83. The van der Waals surface area contributed by atoms with Gasteiger partial charge in [0.05, 0.1) is 12.7 Å². The second-order valence-electron chi connectivity index (χ2n) is 5.31. The second kappa shape index (κ2) is 7.02. The molecule has 1 saturated heterocycles. The zero-order chi connectivity index (χ0) is 16.2. The Bertz CT molecular complexity index is 688. The van der Waals surface area contributed by atoms with E-state index in [2.05, 4.69) is 5.32 Å². The molecule has 1 aliphatic rings. The van der Waals surface area contributed by atoms with Gasteiger partial charge in [0.1, 0.15) is 5.82 Å². The SMILES string of the molecule is Fc1ccc(Oc2c(F)cccc2C[C@H]2CNCCO2)c(F)c1. The number of ether oxygens (including phenoxy) is 2. The summed E-state index contributed by atoms with van der Waals surface area (Å²) in [6, 6.07) is 7.41. The van der Waals surface area contributed by atoms with Gasteiger partial charge in [-0.15, -0.1) is 0 Å². The molecule has 0 radical (unpaired) electrons. The predicted octanol–water partition coefficient (Wildman–Crippen LogP) is 3.43. The smallest absolute Gasteiger partial charge is 0.168 e. The highest BCUT2D eigenvalue weighted by Crippen LogP contribution is 2.31. The lowest BCUT2D eigenvalue weighted by Gasteiger charge is -2.24. The van der Waals surface area contributed by atoms with Crippen LogP contribution in [0.4, 0.5) is 13.2 Å². The van der Waals surface area contributed by atoms with E-state index in [1.54, 1.807) is 12.1 Å². The van der Waals surface area contributed by atoms with Gasteiger partial charge < -0.3 is 14.8 Å². The summed E-state index contributed by atoms with van der Waals surface area (Å²) in [5.74, 6) is -2.48. The first-order valence-electron chi connectivity index (χ1n) is 7.36. The first kappa shape index (κ1) is 15.8. The van der Waals surface area contributed by atoms with Crippen LogP contribution in [0.5, 0.6) is 11.5 Å². The van der Waals surface area contributed by atoms with Crippen LogP contribution < -0.4 is 10.1 Å². The van der Waals surface area contributed by atoms with E-state index < -0.39 is 17.5 Å². The van der Waals surface area contributed by atoms with E-state index in [1.807, 2.05) is 0 Å². The average molecular weight is 323 g/mol. The van der Waals surface area contributed by atoms with E-state index in [9.17, 15) is 13.2 Å². The van der Waals surface area contributed by atoms with Gasteiger partial charge in [0.25, 0.3) is 0 Å². The van der Waals surface area contributed by atoms with E-state index in [4.69, 9.17) is 9.47 Å². The summed E-state index contributed by atoms with van der Waals surface area (Å²) in [6.07, 6.45) is 0.328. The van der Waals surface area contributed by atoms with Crippen molar-refractivity contribution in [3.05, 3.63) is 59.4 Å². The Morgan fingerprint density at radius 2 is 2.00 bits per heavy atom. The summed E-state index contributed by atoms with van der Waals surface area (Å²) in [5.41, 5.74) is 0.572. The van der Waals surface area contributed by atoms with Crippen LogP contribution >= 0.6 is 0 Å². The van der Waals surface area contributed by atoms with Crippen LogP contribution in [0.25, 0.3) is 0 Å². The van der Waals surface area contributed by atoms with Gasteiger partial charge >= 0.3 is 0 Å². The van der Waals surface area contributed by atoms with Crippen molar-refractivity contribution in [1.29, 1.82) is 0 Å². The minimum atomic E-state index is -0.880. The van der Waals surface area contributed by atoms with Crippen LogP contribution in [0.2, 0.25) is 0 Å². The molecule has 0 aliphatic carbocycles. The minimum absolute atomic E-state index is 0.0628. The molecule has 0 amide bonds. The highest BCUT2D eigenvalue weighted by molar-refractivity contribution is 5.40. The van der Waals surface area contributed by atoms with Gasteiger partial charge in [0.2, 0.25) is 0 Å². The zero-order valence-electron chi connectivity index (χ0n) is 12.3.